The van der Waals surface area contributed by atoms with Crippen molar-refractivity contribution in [3.63, 3.8) is 0 Å². The van der Waals surface area contributed by atoms with Crippen LogP contribution in [-0.4, -0.2) is 24.8 Å². The van der Waals surface area contributed by atoms with Crippen molar-refractivity contribution in [2.75, 3.05) is 7.11 Å². The van der Waals surface area contributed by atoms with Gasteiger partial charge in [0.05, 0.1) is 7.11 Å². The molecule has 0 bridgehead atoms. The molecule has 0 atom stereocenters. The van der Waals surface area contributed by atoms with E-state index in [1.165, 1.54) is 13.2 Å². The highest BCUT2D eigenvalue weighted by molar-refractivity contribution is 5.86. The third-order valence-electron chi connectivity index (χ3n) is 2.40. The first-order valence-electron chi connectivity index (χ1n) is 6.62. The molecule has 0 saturated heterocycles. The van der Waals surface area contributed by atoms with E-state index >= 15 is 0 Å². The molecule has 0 radical (unpaired) electrons. The maximum Gasteiger partial charge on any atom is 0.407 e. The van der Waals surface area contributed by atoms with E-state index in [1.54, 1.807) is 6.08 Å². The SMILES string of the molecule is COC(=O)/C=C/c1cccc(CNC(=O)OC(C)(C)C)c1. The van der Waals surface area contributed by atoms with Gasteiger partial charge >= 0.3 is 12.1 Å². The minimum Gasteiger partial charge on any atom is -0.466 e. The lowest BCUT2D eigenvalue weighted by Gasteiger charge is -2.19. The predicted molar refractivity (Wildman–Crippen MR) is 80.6 cm³/mol. The summed E-state index contributed by atoms with van der Waals surface area (Å²) in [4.78, 5) is 22.6. The minimum atomic E-state index is -0.519. The van der Waals surface area contributed by atoms with Crippen LogP contribution in [0.4, 0.5) is 4.79 Å². The third-order valence-corrected chi connectivity index (χ3v) is 2.40. The van der Waals surface area contributed by atoms with Crippen LogP contribution < -0.4 is 5.32 Å². The Bertz CT molecular complexity index is 529. The Morgan fingerprint density at radius 1 is 1.29 bits per heavy atom. The molecule has 1 rings (SSSR count). The molecule has 114 valence electrons. The largest absolute Gasteiger partial charge is 0.466 e. The molecule has 0 aliphatic heterocycles. The molecule has 5 nitrogen and oxygen atoms in total. The monoisotopic (exact) mass is 291 g/mol. The molecule has 1 aromatic rings. The fourth-order valence-corrected chi connectivity index (χ4v) is 1.53. The van der Waals surface area contributed by atoms with Gasteiger partial charge in [-0.25, -0.2) is 9.59 Å². The molecule has 0 saturated carbocycles. The fraction of sp³-hybridized carbons (Fsp3) is 0.375. The number of hydrogen-bond donors (Lipinski definition) is 1. The number of ether oxygens (including phenoxy) is 2. The zero-order valence-electron chi connectivity index (χ0n) is 12.8. The Labute approximate surface area is 124 Å². The summed E-state index contributed by atoms with van der Waals surface area (Å²) in [6.45, 7) is 5.79. The van der Waals surface area contributed by atoms with E-state index in [9.17, 15) is 9.59 Å². The number of alkyl carbamates (subject to hydrolysis) is 1. The zero-order chi connectivity index (χ0) is 15.9. The predicted octanol–water partition coefficient (Wildman–Crippen LogP) is 2.90. The number of esters is 1. The Hall–Kier alpha value is -2.30. The molecule has 0 spiro atoms. The number of hydrogen-bond acceptors (Lipinski definition) is 4. The summed E-state index contributed by atoms with van der Waals surface area (Å²) in [6, 6.07) is 7.46. The second-order valence-electron chi connectivity index (χ2n) is 5.46. The third kappa shape index (κ3) is 7.15. The standard InChI is InChI=1S/C16H21NO4/c1-16(2,3)21-15(19)17-11-13-7-5-6-12(10-13)8-9-14(18)20-4/h5-10H,11H2,1-4H3,(H,17,19)/b9-8+. The van der Waals surface area contributed by atoms with Crippen LogP contribution in [0.25, 0.3) is 6.08 Å². The summed E-state index contributed by atoms with van der Waals surface area (Å²) in [7, 11) is 1.33. The average Bonchev–Trinajstić information content (AvgIpc) is 2.41. The number of benzene rings is 1. The van der Waals surface area contributed by atoms with Gasteiger partial charge in [0, 0.05) is 12.6 Å². The van der Waals surface area contributed by atoms with E-state index in [0.29, 0.717) is 6.54 Å². The number of methoxy groups -OCH3 is 1. The van der Waals surface area contributed by atoms with Crippen LogP contribution in [0.3, 0.4) is 0 Å². The van der Waals surface area contributed by atoms with Crippen LogP contribution in [0.15, 0.2) is 30.3 Å². The summed E-state index contributed by atoms with van der Waals surface area (Å²) < 4.78 is 9.69. The summed E-state index contributed by atoms with van der Waals surface area (Å²) >= 11 is 0. The van der Waals surface area contributed by atoms with Crippen molar-refractivity contribution in [3.8, 4) is 0 Å². The molecule has 1 amide bonds. The van der Waals surface area contributed by atoms with Gasteiger partial charge in [0.25, 0.3) is 0 Å². The molecule has 0 fully saturated rings. The number of carbonyl (C=O) groups excluding carboxylic acids is 2. The number of rotatable bonds is 4. The number of amides is 1. The first-order chi connectivity index (χ1) is 9.80. The van der Waals surface area contributed by atoms with Gasteiger partial charge < -0.3 is 14.8 Å². The lowest BCUT2D eigenvalue weighted by Crippen LogP contribution is -2.32. The lowest BCUT2D eigenvalue weighted by atomic mass is 10.1. The topological polar surface area (TPSA) is 64.6 Å². The lowest BCUT2D eigenvalue weighted by molar-refractivity contribution is -0.134. The molecular formula is C16H21NO4. The average molecular weight is 291 g/mol. The summed E-state index contributed by atoms with van der Waals surface area (Å²) in [5, 5.41) is 2.68. The van der Waals surface area contributed by atoms with Crippen LogP contribution >= 0.6 is 0 Å². The Morgan fingerprint density at radius 3 is 2.62 bits per heavy atom. The smallest absolute Gasteiger partial charge is 0.407 e. The fourth-order valence-electron chi connectivity index (χ4n) is 1.53. The summed E-state index contributed by atoms with van der Waals surface area (Å²) in [6.07, 6.45) is 2.54. The molecule has 0 aromatic heterocycles. The second-order valence-corrected chi connectivity index (χ2v) is 5.46. The van der Waals surface area contributed by atoms with Gasteiger partial charge in [-0.05, 0) is 44.0 Å². The van der Waals surface area contributed by atoms with Gasteiger partial charge in [0.15, 0.2) is 0 Å². The first-order valence-corrected chi connectivity index (χ1v) is 6.62. The van der Waals surface area contributed by atoms with E-state index in [-0.39, 0.29) is 0 Å². The van der Waals surface area contributed by atoms with Gasteiger partial charge in [0.1, 0.15) is 5.60 Å². The highest BCUT2D eigenvalue weighted by Gasteiger charge is 2.15. The van der Waals surface area contributed by atoms with Crippen LogP contribution in [0, 0.1) is 0 Å². The molecule has 21 heavy (non-hydrogen) atoms. The van der Waals surface area contributed by atoms with E-state index in [0.717, 1.165) is 11.1 Å². The van der Waals surface area contributed by atoms with E-state index in [1.807, 2.05) is 45.0 Å². The molecule has 0 unspecified atom stereocenters. The maximum absolute atomic E-state index is 11.6. The zero-order valence-corrected chi connectivity index (χ0v) is 12.8. The molecule has 0 aliphatic carbocycles. The van der Waals surface area contributed by atoms with Crippen molar-refractivity contribution in [2.24, 2.45) is 0 Å². The molecule has 5 heteroatoms. The van der Waals surface area contributed by atoms with E-state index in [2.05, 4.69) is 10.1 Å². The quantitative estimate of drug-likeness (QED) is 0.684. The van der Waals surface area contributed by atoms with Crippen LogP contribution in [-0.2, 0) is 20.8 Å². The van der Waals surface area contributed by atoms with Crippen molar-refractivity contribution in [1.29, 1.82) is 0 Å². The molecule has 1 aromatic carbocycles. The number of carbonyl (C=O) groups is 2. The highest BCUT2D eigenvalue weighted by atomic mass is 16.6. The van der Waals surface area contributed by atoms with Crippen molar-refractivity contribution >= 4 is 18.1 Å². The van der Waals surface area contributed by atoms with Crippen LogP contribution in [0.2, 0.25) is 0 Å². The van der Waals surface area contributed by atoms with Crippen molar-refractivity contribution < 1.29 is 19.1 Å². The summed E-state index contributed by atoms with van der Waals surface area (Å²) in [5.41, 5.74) is 1.24. The van der Waals surface area contributed by atoms with E-state index < -0.39 is 17.7 Å². The van der Waals surface area contributed by atoms with Crippen LogP contribution in [0.1, 0.15) is 31.9 Å². The van der Waals surface area contributed by atoms with Crippen LogP contribution in [0.5, 0.6) is 0 Å². The second kappa shape index (κ2) is 7.47. The Kier molecular flexibility index (Phi) is 5.96. The number of nitrogens with one attached hydrogen (secondary N) is 1. The Balaban J connectivity index is 2.59. The minimum absolute atomic E-state index is 0.356. The maximum atomic E-state index is 11.6. The molecule has 1 N–H and O–H groups in total. The van der Waals surface area contributed by atoms with Gasteiger partial charge in [-0.15, -0.1) is 0 Å². The normalized spacial score (nSPS) is 11.2. The molecule has 0 heterocycles. The van der Waals surface area contributed by atoms with Gasteiger partial charge in [-0.3, -0.25) is 0 Å². The molecular weight excluding hydrogens is 270 g/mol. The van der Waals surface area contributed by atoms with Gasteiger partial charge in [-0.2, -0.15) is 0 Å². The summed E-state index contributed by atoms with van der Waals surface area (Å²) in [5.74, 6) is -0.410. The van der Waals surface area contributed by atoms with E-state index in [4.69, 9.17) is 4.74 Å². The highest BCUT2D eigenvalue weighted by Crippen LogP contribution is 2.09. The molecule has 0 aliphatic rings. The van der Waals surface area contributed by atoms with Crippen molar-refractivity contribution in [2.45, 2.75) is 32.9 Å². The van der Waals surface area contributed by atoms with Gasteiger partial charge in [0.2, 0.25) is 0 Å². The van der Waals surface area contributed by atoms with Crippen molar-refractivity contribution in [1.82, 2.24) is 5.32 Å². The van der Waals surface area contributed by atoms with Crippen molar-refractivity contribution in [3.05, 3.63) is 41.5 Å². The first kappa shape index (κ1) is 16.8. The Morgan fingerprint density at radius 2 is 2.00 bits per heavy atom. The van der Waals surface area contributed by atoms with Gasteiger partial charge in [-0.1, -0.05) is 18.2 Å².